The Kier molecular flexibility index (Phi) is 4.26. The second-order valence-electron chi connectivity index (χ2n) is 5.70. The molecule has 0 heterocycles. The van der Waals surface area contributed by atoms with E-state index >= 15 is 0 Å². The average molecular weight is 225 g/mol. The van der Waals surface area contributed by atoms with E-state index in [0.717, 1.165) is 5.92 Å². The third-order valence-corrected chi connectivity index (χ3v) is 4.61. The largest absolute Gasteiger partial charge is 0.377 e. The Hall–Kier alpha value is -0.0800. The lowest BCUT2D eigenvalue weighted by molar-refractivity contribution is -0.0542. The summed E-state index contributed by atoms with van der Waals surface area (Å²) >= 11 is 0. The van der Waals surface area contributed by atoms with E-state index in [1.54, 1.807) is 0 Å². The van der Waals surface area contributed by atoms with Gasteiger partial charge in [0.05, 0.1) is 5.60 Å². The monoisotopic (exact) mass is 225 g/mol. The smallest absolute Gasteiger partial charge is 0.0830 e. The van der Waals surface area contributed by atoms with Crippen molar-refractivity contribution in [2.45, 2.75) is 69.4 Å². The van der Waals surface area contributed by atoms with Gasteiger partial charge in [0, 0.05) is 13.2 Å². The Bertz CT molecular complexity index is 205. The molecule has 2 aliphatic carbocycles. The molecule has 2 nitrogen and oxygen atoms in total. The Morgan fingerprint density at radius 3 is 2.25 bits per heavy atom. The third-order valence-electron chi connectivity index (χ3n) is 4.61. The summed E-state index contributed by atoms with van der Waals surface area (Å²) in [6, 6.07) is 0.572. The van der Waals surface area contributed by atoms with Crippen molar-refractivity contribution in [2.75, 3.05) is 14.2 Å². The van der Waals surface area contributed by atoms with E-state index in [4.69, 9.17) is 4.74 Å². The van der Waals surface area contributed by atoms with Crippen LogP contribution in [-0.4, -0.2) is 25.8 Å². The van der Waals surface area contributed by atoms with Gasteiger partial charge in [0.15, 0.2) is 0 Å². The fourth-order valence-electron chi connectivity index (χ4n) is 3.30. The maximum atomic E-state index is 5.98. The van der Waals surface area contributed by atoms with Crippen LogP contribution in [0.2, 0.25) is 0 Å². The summed E-state index contributed by atoms with van der Waals surface area (Å²) in [5.74, 6) is 0.979. The summed E-state index contributed by atoms with van der Waals surface area (Å²) in [5, 5.41) is 3.54. The zero-order chi connectivity index (χ0) is 11.4. The lowest BCUT2D eigenvalue weighted by Crippen LogP contribution is -2.51. The maximum Gasteiger partial charge on any atom is 0.0830 e. The van der Waals surface area contributed by atoms with Crippen molar-refractivity contribution >= 4 is 0 Å². The molecule has 1 N–H and O–H groups in total. The fourth-order valence-corrected chi connectivity index (χ4v) is 3.30. The van der Waals surface area contributed by atoms with Crippen molar-refractivity contribution in [3.8, 4) is 0 Å². The highest BCUT2D eigenvalue weighted by Gasteiger charge is 2.40. The predicted octanol–water partition coefficient (Wildman–Crippen LogP) is 3.11. The average Bonchev–Trinajstić information content (AvgIpc) is 3.13. The van der Waals surface area contributed by atoms with Crippen molar-refractivity contribution in [1.29, 1.82) is 0 Å². The fraction of sp³-hybridized carbons (Fsp3) is 1.00. The standard InChI is InChI=1S/C14H27NO/c1-15-13(11-12-7-8-12)14(16-2)9-5-3-4-6-10-14/h12-13,15H,3-11H2,1-2H3. The molecule has 0 bridgehead atoms. The van der Waals surface area contributed by atoms with Crippen LogP contribution in [0.5, 0.6) is 0 Å². The van der Waals surface area contributed by atoms with Crippen molar-refractivity contribution in [2.24, 2.45) is 5.92 Å². The predicted molar refractivity (Wildman–Crippen MR) is 67.6 cm³/mol. The van der Waals surface area contributed by atoms with E-state index < -0.39 is 0 Å². The first-order valence-corrected chi connectivity index (χ1v) is 7.03. The number of likely N-dealkylation sites (N-methyl/N-ethyl adjacent to an activating group) is 1. The van der Waals surface area contributed by atoms with E-state index in [2.05, 4.69) is 12.4 Å². The molecule has 0 aromatic carbocycles. The molecule has 2 heteroatoms. The number of hydrogen-bond acceptors (Lipinski definition) is 2. The van der Waals surface area contributed by atoms with Crippen LogP contribution >= 0.6 is 0 Å². The minimum Gasteiger partial charge on any atom is -0.377 e. The molecule has 0 saturated heterocycles. The highest BCUT2D eigenvalue weighted by Crippen LogP contribution is 2.40. The van der Waals surface area contributed by atoms with Gasteiger partial charge in [-0.3, -0.25) is 0 Å². The minimum absolute atomic E-state index is 0.133. The van der Waals surface area contributed by atoms with Gasteiger partial charge in [-0.1, -0.05) is 38.5 Å². The molecule has 2 rings (SSSR count). The van der Waals surface area contributed by atoms with Crippen LogP contribution in [0.3, 0.4) is 0 Å². The zero-order valence-corrected chi connectivity index (χ0v) is 10.9. The van der Waals surface area contributed by atoms with Gasteiger partial charge in [0.25, 0.3) is 0 Å². The van der Waals surface area contributed by atoms with Gasteiger partial charge in [-0.05, 0) is 32.2 Å². The highest BCUT2D eigenvalue weighted by atomic mass is 16.5. The zero-order valence-electron chi connectivity index (χ0n) is 10.9. The third kappa shape index (κ3) is 2.78. The van der Waals surface area contributed by atoms with E-state index in [0.29, 0.717) is 6.04 Å². The summed E-state index contributed by atoms with van der Waals surface area (Å²) < 4.78 is 5.98. The number of methoxy groups -OCH3 is 1. The van der Waals surface area contributed by atoms with Crippen LogP contribution in [0.4, 0.5) is 0 Å². The van der Waals surface area contributed by atoms with Gasteiger partial charge in [-0.25, -0.2) is 0 Å². The molecule has 2 fully saturated rings. The maximum absolute atomic E-state index is 5.98. The Labute approximate surface area is 100 Å². The molecule has 94 valence electrons. The molecule has 0 aromatic rings. The molecule has 0 aliphatic heterocycles. The first-order valence-electron chi connectivity index (χ1n) is 7.03. The van der Waals surface area contributed by atoms with E-state index in [9.17, 15) is 0 Å². The Morgan fingerprint density at radius 1 is 1.19 bits per heavy atom. The Balaban J connectivity index is 2.02. The van der Waals surface area contributed by atoms with Gasteiger partial charge >= 0.3 is 0 Å². The summed E-state index contributed by atoms with van der Waals surface area (Å²) in [6.45, 7) is 0. The lowest BCUT2D eigenvalue weighted by atomic mass is 9.83. The molecule has 1 atom stereocenters. The number of nitrogens with one attached hydrogen (secondary N) is 1. The van der Waals surface area contributed by atoms with Crippen molar-refractivity contribution in [1.82, 2.24) is 5.32 Å². The first-order chi connectivity index (χ1) is 7.80. The number of rotatable bonds is 5. The topological polar surface area (TPSA) is 21.3 Å². The number of ether oxygens (including phenoxy) is 1. The van der Waals surface area contributed by atoms with E-state index in [-0.39, 0.29) is 5.60 Å². The second-order valence-corrected chi connectivity index (χ2v) is 5.70. The normalized spacial score (nSPS) is 27.4. The van der Waals surface area contributed by atoms with Crippen molar-refractivity contribution in [3.63, 3.8) is 0 Å². The summed E-state index contributed by atoms with van der Waals surface area (Å²) in [4.78, 5) is 0. The molecular formula is C14H27NO. The molecule has 16 heavy (non-hydrogen) atoms. The van der Waals surface area contributed by atoms with Crippen LogP contribution < -0.4 is 5.32 Å². The van der Waals surface area contributed by atoms with Gasteiger partial charge in [-0.2, -0.15) is 0 Å². The van der Waals surface area contributed by atoms with Crippen LogP contribution in [-0.2, 0) is 4.74 Å². The molecule has 0 amide bonds. The second kappa shape index (κ2) is 5.50. The highest BCUT2D eigenvalue weighted by molar-refractivity contribution is 4.96. The molecular weight excluding hydrogens is 198 g/mol. The molecule has 1 unspecified atom stereocenters. The van der Waals surface area contributed by atoms with Gasteiger partial charge < -0.3 is 10.1 Å². The summed E-state index contributed by atoms with van der Waals surface area (Å²) in [7, 11) is 4.03. The van der Waals surface area contributed by atoms with Crippen LogP contribution in [0.15, 0.2) is 0 Å². The summed E-state index contributed by atoms with van der Waals surface area (Å²) in [6.07, 6.45) is 12.2. The molecule has 2 saturated carbocycles. The van der Waals surface area contributed by atoms with Gasteiger partial charge in [0.1, 0.15) is 0 Å². The van der Waals surface area contributed by atoms with Gasteiger partial charge in [0.2, 0.25) is 0 Å². The summed E-state index contributed by atoms with van der Waals surface area (Å²) in [5.41, 5.74) is 0.133. The lowest BCUT2D eigenvalue weighted by Gasteiger charge is -2.39. The van der Waals surface area contributed by atoms with Crippen molar-refractivity contribution < 1.29 is 4.74 Å². The van der Waals surface area contributed by atoms with Crippen LogP contribution in [0, 0.1) is 5.92 Å². The minimum atomic E-state index is 0.133. The van der Waals surface area contributed by atoms with E-state index in [1.807, 2.05) is 7.11 Å². The van der Waals surface area contributed by atoms with Gasteiger partial charge in [-0.15, -0.1) is 0 Å². The van der Waals surface area contributed by atoms with Crippen LogP contribution in [0.25, 0.3) is 0 Å². The molecule has 0 spiro atoms. The quantitative estimate of drug-likeness (QED) is 0.726. The van der Waals surface area contributed by atoms with Crippen molar-refractivity contribution in [3.05, 3.63) is 0 Å². The molecule has 0 radical (unpaired) electrons. The Morgan fingerprint density at radius 2 is 1.81 bits per heavy atom. The van der Waals surface area contributed by atoms with Crippen LogP contribution in [0.1, 0.15) is 57.8 Å². The number of hydrogen-bond donors (Lipinski definition) is 1. The first kappa shape index (κ1) is 12.4. The molecule has 0 aromatic heterocycles. The molecule has 2 aliphatic rings. The SMILES string of the molecule is CNC(CC1CC1)C1(OC)CCCCCC1. The van der Waals surface area contributed by atoms with E-state index in [1.165, 1.54) is 57.8 Å².